The van der Waals surface area contributed by atoms with E-state index in [1.807, 2.05) is 34.9 Å². The summed E-state index contributed by atoms with van der Waals surface area (Å²) in [6.07, 6.45) is 5.55. The molecule has 5 nitrogen and oxygen atoms in total. The summed E-state index contributed by atoms with van der Waals surface area (Å²) in [5.41, 5.74) is 1.48. The molecule has 1 aliphatic rings. The molecule has 136 valence electrons. The summed E-state index contributed by atoms with van der Waals surface area (Å²) >= 11 is 3.03. The van der Waals surface area contributed by atoms with E-state index in [-0.39, 0.29) is 12.7 Å². The lowest BCUT2D eigenvalue weighted by molar-refractivity contribution is 0.0995. The Labute approximate surface area is 164 Å². The molecule has 0 radical (unpaired) electrons. The molecule has 0 spiro atoms. The van der Waals surface area contributed by atoms with Gasteiger partial charge in [0, 0.05) is 17.0 Å². The first kappa shape index (κ1) is 17.7. The van der Waals surface area contributed by atoms with Gasteiger partial charge in [0.25, 0.3) is 5.91 Å². The van der Waals surface area contributed by atoms with Crippen LogP contribution in [0.2, 0.25) is 0 Å². The molecule has 4 rings (SSSR count). The second kappa shape index (κ2) is 7.51. The van der Waals surface area contributed by atoms with Crippen LogP contribution in [-0.4, -0.2) is 23.0 Å². The Balaban J connectivity index is 1.84. The van der Waals surface area contributed by atoms with Crippen molar-refractivity contribution in [2.45, 2.75) is 18.4 Å². The number of aromatic nitrogens is 1. The molecule has 0 fully saturated rings. The van der Waals surface area contributed by atoms with Crippen molar-refractivity contribution in [3.05, 3.63) is 46.8 Å². The van der Waals surface area contributed by atoms with Gasteiger partial charge in [-0.15, -0.1) is 18.2 Å². The number of rotatable bonds is 4. The van der Waals surface area contributed by atoms with Crippen LogP contribution in [0.25, 0.3) is 10.2 Å². The normalized spacial score (nSPS) is 13.1. The zero-order chi connectivity index (χ0) is 18.8. The second-order valence-corrected chi connectivity index (χ2v) is 8.01. The van der Waals surface area contributed by atoms with Crippen molar-refractivity contribution in [1.29, 1.82) is 0 Å². The van der Waals surface area contributed by atoms with E-state index < -0.39 is 0 Å². The third-order valence-corrected chi connectivity index (χ3v) is 6.04. The van der Waals surface area contributed by atoms with Crippen LogP contribution >= 0.6 is 23.1 Å². The Morgan fingerprint density at radius 3 is 2.89 bits per heavy atom. The highest BCUT2D eigenvalue weighted by atomic mass is 32.2. The van der Waals surface area contributed by atoms with Gasteiger partial charge in [-0.25, -0.2) is 0 Å². The van der Waals surface area contributed by atoms with E-state index >= 15 is 0 Å². The number of carbonyl (C=O) groups excluding carboxylic acids is 1. The molecule has 1 aliphatic heterocycles. The molecule has 3 aromatic rings. The zero-order valence-electron chi connectivity index (χ0n) is 14.6. The van der Waals surface area contributed by atoms with Crippen LogP contribution in [0, 0.1) is 12.3 Å². The summed E-state index contributed by atoms with van der Waals surface area (Å²) in [5.74, 6) is 4.62. The lowest BCUT2D eigenvalue weighted by Gasteiger charge is -2.04. The van der Waals surface area contributed by atoms with Crippen LogP contribution in [0.4, 0.5) is 0 Å². The SMILES string of the molecule is C#CCn1c(=NC(=O)c2ccccc2SCC)sc2cc3c(cc21)OCO3. The standard InChI is InChI=1S/C20H16N2O3S2/c1-3-9-22-14-10-15-16(25-12-24-15)11-18(14)27-20(22)21-19(23)13-7-5-6-8-17(13)26-4-2/h1,5-8,10-11H,4,9,12H2,2H3. The topological polar surface area (TPSA) is 52.8 Å². The van der Waals surface area contributed by atoms with Crippen LogP contribution < -0.4 is 14.3 Å². The Hall–Kier alpha value is -2.69. The molecule has 1 amide bonds. The Bertz CT molecular complexity index is 1140. The largest absolute Gasteiger partial charge is 0.454 e. The van der Waals surface area contributed by atoms with E-state index in [1.165, 1.54) is 11.3 Å². The van der Waals surface area contributed by atoms with Crippen molar-refractivity contribution in [3.8, 4) is 23.8 Å². The van der Waals surface area contributed by atoms with Gasteiger partial charge in [0.05, 0.1) is 22.3 Å². The predicted octanol–water partition coefficient (Wildman–Crippen LogP) is 3.92. The zero-order valence-corrected chi connectivity index (χ0v) is 16.2. The molecule has 0 bridgehead atoms. The second-order valence-electron chi connectivity index (χ2n) is 5.69. The first-order chi connectivity index (χ1) is 13.2. The molecule has 2 heterocycles. The van der Waals surface area contributed by atoms with Crippen LogP contribution in [-0.2, 0) is 6.54 Å². The molecule has 2 aromatic carbocycles. The summed E-state index contributed by atoms with van der Waals surface area (Å²) < 4.78 is 13.7. The van der Waals surface area contributed by atoms with Crippen molar-refractivity contribution in [2.24, 2.45) is 4.99 Å². The number of nitrogens with zero attached hydrogens (tertiary/aromatic N) is 2. The van der Waals surface area contributed by atoms with Gasteiger partial charge >= 0.3 is 0 Å². The highest BCUT2D eigenvalue weighted by Crippen LogP contribution is 2.37. The van der Waals surface area contributed by atoms with Gasteiger partial charge < -0.3 is 14.0 Å². The summed E-state index contributed by atoms with van der Waals surface area (Å²) in [7, 11) is 0. The monoisotopic (exact) mass is 396 g/mol. The van der Waals surface area contributed by atoms with Crippen LogP contribution in [0.5, 0.6) is 11.5 Å². The smallest absolute Gasteiger partial charge is 0.280 e. The van der Waals surface area contributed by atoms with Gasteiger partial charge in [-0.3, -0.25) is 4.79 Å². The number of terminal acetylenes is 1. The maximum absolute atomic E-state index is 12.9. The average Bonchev–Trinajstić information content (AvgIpc) is 3.25. The molecule has 0 atom stereocenters. The van der Waals surface area contributed by atoms with Crippen LogP contribution in [0.1, 0.15) is 17.3 Å². The number of carbonyl (C=O) groups is 1. The number of ether oxygens (including phenoxy) is 2. The number of fused-ring (bicyclic) bond motifs is 2. The summed E-state index contributed by atoms with van der Waals surface area (Å²) in [6.45, 7) is 2.58. The summed E-state index contributed by atoms with van der Waals surface area (Å²) in [4.78, 5) is 18.7. The first-order valence-corrected chi connectivity index (χ1v) is 10.2. The van der Waals surface area contributed by atoms with Crippen molar-refractivity contribution in [2.75, 3.05) is 12.5 Å². The minimum atomic E-state index is -0.274. The van der Waals surface area contributed by atoms with E-state index in [9.17, 15) is 4.79 Å². The molecule has 0 unspecified atom stereocenters. The van der Waals surface area contributed by atoms with E-state index in [2.05, 4.69) is 17.8 Å². The van der Waals surface area contributed by atoms with E-state index in [1.54, 1.807) is 17.8 Å². The quantitative estimate of drug-likeness (QED) is 0.496. The van der Waals surface area contributed by atoms with Gasteiger partial charge in [0.15, 0.2) is 16.3 Å². The molecule has 0 aliphatic carbocycles. The number of thioether (sulfide) groups is 1. The van der Waals surface area contributed by atoms with Gasteiger partial charge in [0.2, 0.25) is 6.79 Å². The van der Waals surface area contributed by atoms with Gasteiger partial charge in [0.1, 0.15) is 0 Å². The minimum absolute atomic E-state index is 0.212. The fraction of sp³-hybridized carbons (Fsp3) is 0.200. The molecule has 0 N–H and O–H groups in total. The summed E-state index contributed by atoms with van der Waals surface area (Å²) in [6, 6.07) is 11.3. The van der Waals surface area contributed by atoms with Gasteiger partial charge in [-0.1, -0.05) is 36.3 Å². The minimum Gasteiger partial charge on any atom is -0.454 e. The number of hydrogen-bond donors (Lipinski definition) is 0. The van der Waals surface area contributed by atoms with Crippen molar-refractivity contribution >= 4 is 39.2 Å². The van der Waals surface area contributed by atoms with Gasteiger partial charge in [-0.2, -0.15) is 4.99 Å². The van der Waals surface area contributed by atoms with Crippen molar-refractivity contribution in [1.82, 2.24) is 4.57 Å². The van der Waals surface area contributed by atoms with Crippen LogP contribution in [0.3, 0.4) is 0 Å². The van der Waals surface area contributed by atoms with Gasteiger partial charge in [-0.05, 0) is 17.9 Å². The summed E-state index contributed by atoms with van der Waals surface area (Å²) in [5, 5.41) is 0. The first-order valence-electron chi connectivity index (χ1n) is 8.38. The maximum atomic E-state index is 12.9. The number of amides is 1. The Kier molecular flexibility index (Phi) is 4.92. The third-order valence-electron chi connectivity index (χ3n) is 4.04. The number of hydrogen-bond acceptors (Lipinski definition) is 5. The average molecular weight is 396 g/mol. The molecular formula is C20H16N2O3S2. The third kappa shape index (κ3) is 3.34. The molecule has 0 saturated heterocycles. The lowest BCUT2D eigenvalue weighted by Crippen LogP contribution is -2.16. The Morgan fingerprint density at radius 2 is 2.11 bits per heavy atom. The van der Waals surface area contributed by atoms with E-state index in [0.29, 0.717) is 28.4 Å². The van der Waals surface area contributed by atoms with E-state index in [0.717, 1.165) is 20.9 Å². The van der Waals surface area contributed by atoms with E-state index in [4.69, 9.17) is 15.9 Å². The molecule has 27 heavy (non-hydrogen) atoms. The number of benzene rings is 2. The van der Waals surface area contributed by atoms with Crippen molar-refractivity contribution < 1.29 is 14.3 Å². The maximum Gasteiger partial charge on any atom is 0.280 e. The molecule has 1 aromatic heterocycles. The predicted molar refractivity (Wildman–Crippen MR) is 108 cm³/mol. The Morgan fingerprint density at radius 1 is 1.33 bits per heavy atom. The number of thiazole rings is 1. The fourth-order valence-corrected chi connectivity index (χ4v) is 4.70. The molecule has 7 heteroatoms. The highest BCUT2D eigenvalue weighted by Gasteiger charge is 2.18. The van der Waals surface area contributed by atoms with Crippen LogP contribution in [0.15, 0.2) is 46.3 Å². The van der Waals surface area contributed by atoms with Crippen molar-refractivity contribution in [3.63, 3.8) is 0 Å². The fourth-order valence-electron chi connectivity index (χ4n) is 2.86. The molecular weight excluding hydrogens is 380 g/mol. The lowest BCUT2D eigenvalue weighted by atomic mass is 10.2. The highest BCUT2D eigenvalue weighted by molar-refractivity contribution is 7.99. The molecule has 0 saturated carbocycles.